The molecule has 0 atom stereocenters. The van der Waals surface area contributed by atoms with Crippen molar-refractivity contribution >= 4 is 33.3 Å². The lowest BCUT2D eigenvalue weighted by Gasteiger charge is -2.06. The maximum Gasteiger partial charge on any atom is 0.345 e. The summed E-state index contributed by atoms with van der Waals surface area (Å²) in [7, 11) is 0. The summed E-state index contributed by atoms with van der Waals surface area (Å²) >= 11 is 1.24. The van der Waals surface area contributed by atoms with Crippen molar-refractivity contribution in [3.05, 3.63) is 106 Å². The van der Waals surface area contributed by atoms with E-state index in [1.807, 2.05) is 48.5 Å². The summed E-state index contributed by atoms with van der Waals surface area (Å²) < 4.78 is 11.1. The van der Waals surface area contributed by atoms with Crippen LogP contribution in [0.4, 0.5) is 5.13 Å². The summed E-state index contributed by atoms with van der Waals surface area (Å²) in [6, 6.07) is 25.3. The fraction of sp³-hybridized carbons (Fsp3) is 0. The number of rotatable bonds is 5. The number of para-hydroxylation sites is 2. The smallest absolute Gasteiger partial charge is 0.345 e. The quantitative estimate of drug-likeness (QED) is 0.341. The molecule has 0 aliphatic rings. The molecule has 0 bridgehead atoms. The Balaban J connectivity index is 1.31. The highest BCUT2D eigenvalue weighted by molar-refractivity contribution is 7.14. The summed E-state index contributed by atoms with van der Waals surface area (Å²) in [6.45, 7) is 0. The van der Waals surface area contributed by atoms with Crippen LogP contribution in [0.5, 0.6) is 11.5 Å². The van der Waals surface area contributed by atoms with Gasteiger partial charge in [0.2, 0.25) is 0 Å². The number of hydrogen-bond donors (Lipinski definition) is 1. The highest BCUT2D eigenvalue weighted by atomic mass is 32.1. The van der Waals surface area contributed by atoms with Gasteiger partial charge in [-0.3, -0.25) is 10.1 Å². The Hall–Kier alpha value is -4.23. The van der Waals surface area contributed by atoms with Gasteiger partial charge in [0, 0.05) is 16.3 Å². The lowest BCUT2D eigenvalue weighted by atomic mass is 10.1. The number of nitrogens with one attached hydrogen (secondary N) is 1. The minimum atomic E-state index is -0.471. The van der Waals surface area contributed by atoms with E-state index in [0.717, 1.165) is 11.1 Å². The Morgan fingerprint density at radius 2 is 1.62 bits per heavy atom. The molecule has 2 heterocycles. The van der Waals surface area contributed by atoms with E-state index in [-0.39, 0.29) is 5.91 Å². The molecule has 156 valence electrons. The highest BCUT2D eigenvalue weighted by Crippen LogP contribution is 2.26. The molecule has 1 N–H and O–H groups in total. The third-order valence-corrected chi connectivity index (χ3v) is 5.50. The molecule has 0 spiro atoms. The van der Waals surface area contributed by atoms with Crippen LogP contribution in [0.2, 0.25) is 0 Å². The van der Waals surface area contributed by atoms with Crippen molar-refractivity contribution in [2.45, 2.75) is 0 Å². The second-order valence-electron chi connectivity index (χ2n) is 6.92. The summed E-state index contributed by atoms with van der Waals surface area (Å²) in [5.41, 5.74) is 1.32. The van der Waals surface area contributed by atoms with Crippen molar-refractivity contribution in [1.29, 1.82) is 0 Å². The predicted molar refractivity (Wildman–Crippen MR) is 125 cm³/mol. The molecule has 2 aromatic heterocycles. The van der Waals surface area contributed by atoms with Crippen LogP contribution in [-0.4, -0.2) is 10.9 Å². The van der Waals surface area contributed by atoms with E-state index >= 15 is 0 Å². The second-order valence-corrected chi connectivity index (χ2v) is 7.77. The number of nitrogens with zero attached hydrogens (tertiary/aromatic N) is 1. The number of thiazole rings is 1. The van der Waals surface area contributed by atoms with Gasteiger partial charge in [0.25, 0.3) is 5.91 Å². The molecule has 0 unspecified atom stereocenters. The first-order chi connectivity index (χ1) is 15.7. The molecule has 7 heteroatoms. The maximum absolute atomic E-state index is 12.6. The van der Waals surface area contributed by atoms with Crippen LogP contribution >= 0.6 is 11.3 Å². The average Bonchev–Trinajstić information content (AvgIpc) is 3.28. The van der Waals surface area contributed by atoms with Gasteiger partial charge in [0.05, 0.1) is 11.3 Å². The molecule has 0 fully saturated rings. The Bertz CT molecular complexity index is 1460. The number of carbonyl (C=O) groups is 1. The monoisotopic (exact) mass is 440 g/mol. The molecule has 32 heavy (non-hydrogen) atoms. The number of aromatic nitrogens is 1. The Morgan fingerprint density at radius 3 is 2.44 bits per heavy atom. The van der Waals surface area contributed by atoms with Gasteiger partial charge < -0.3 is 9.15 Å². The molecule has 3 aromatic carbocycles. The number of amides is 1. The summed E-state index contributed by atoms with van der Waals surface area (Å²) in [6.07, 6.45) is 0. The summed E-state index contributed by atoms with van der Waals surface area (Å²) in [5.74, 6) is 1.05. The van der Waals surface area contributed by atoms with Crippen LogP contribution in [-0.2, 0) is 0 Å². The predicted octanol–water partition coefficient (Wildman–Crippen LogP) is 5.96. The van der Waals surface area contributed by atoms with E-state index in [0.29, 0.717) is 33.3 Å². The minimum absolute atomic E-state index is 0.303. The molecule has 1 amide bonds. The molecule has 0 aliphatic heterocycles. The topological polar surface area (TPSA) is 81.4 Å². The van der Waals surface area contributed by atoms with Gasteiger partial charge in [-0.05, 0) is 48.5 Å². The average molecular weight is 440 g/mol. The van der Waals surface area contributed by atoms with Crippen molar-refractivity contribution in [3.8, 4) is 22.8 Å². The Morgan fingerprint density at radius 1 is 0.906 bits per heavy atom. The van der Waals surface area contributed by atoms with Crippen LogP contribution in [0.25, 0.3) is 22.2 Å². The molecule has 0 saturated carbocycles. The van der Waals surface area contributed by atoms with E-state index in [1.165, 1.54) is 11.3 Å². The maximum atomic E-state index is 12.6. The molecule has 0 aliphatic carbocycles. The normalized spacial score (nSPS) is 10.8. The first-order valence-electron chi connectivity index (χ1n) is 9.79. The van der Waals surface area contributed by atoms with Gasteiger partial charge in [-0.25, -0.2) is 9.78 Å². The standard InChI is InChI=1S/C25H16N2O4S/c28-23(16-10-12-19(13-11-16)30-18-7-2-1-3-8-18)27-25-26-21(15-32-25)20-14-17-6-4-5-9-22(17)31-24(20)29/h1-15H,(H,26,27,28). The zero-order valence-corrected chi connectivity index (χ0v) is 17.5. The fourth-order valence-corrected chi connectivity index (χ4v) is 3.87. The van der Waals surface area contributed by atoms with E-state index < -0.39 is 5.63 Å². The van der Waals surface area contributed by atoms with Crippen molar-refractivity contribution in [2.24, 2.45) is 0 Å². The molecular weight excluding hydrogens is 424 g/mol. The number of anilines is 1. The molecule has 0 radical (unpaired) electrons. The van der Waals surface area contributed by atoms with Gasteiger partial charge in [-0.1, -0.05) is 36.4 Å². The van der Waals surface area contributed by atoms with Crippen LogP contribution in [0.1, 0.15) is 10.4 Å². The van der Waals surface area contributed by atoms with Crippen LogP contribution in [0.15, 0.2) is 99.5 Å². The SMILES string of the molecule is O=C(Nc1nc(-c2cc3ccccc3oc2=O)cs1)c1ccc(Oc2ccccc2)cc1. The van der Waals surface area contributed by atoms with Crippen molar-refractivity contribution in [2.75, 3.05) is 5.32 Å². The summed E-state index contributed by atoms with van der Waals surface area (Å²) in [5, 5.41) is 5.68. The first-order valence-corrected chi connectivity index (χ1v) is 10.7. The van der Waals surface area contributed by atoms with Crippen LogP contribution in [0.3, 0.4) is 0 Å². The van der Waals surface area contributed by atoms with E-state index in [1.54, 1.807) is 41.8 Å². The molecule has 6 nitrogen and oxygen atoms in total. The van der Waals surface area contributed by atoms with Crippen LogP contribution in [0, 0.1) is 0 Å². The Kier molecular flexibility index (Phi) is 5.23. The van der Waals surface area contributed by atoms with Gasteiger partial charge in [-0.15, -0.1) is 11.3 Å². The number of fused-ring (bicyclic) bond motifs is 1. The van der Waals surface area contributed by atoms with Gasteiger partial charge in [0.1, 0.15) is 17.1 Å². The largest absolute Gasteiger partial charge is 0.457 e. The Labute approximate surface area is 186 Å². The summed E-state index contributed by atoms with van der Waals surface area (Å²) in [4.78, 5) is 29.3. The van der Waals surface area contributed by atoms with E-state index in [4.69, 9.17) is 9.15 Å². The van der Waals surface area contributed by atoms with E-state index in [9.17, 15) is 9.59 Å². The molecular formula is C25H16N2O4S. The third kappa shape index (κ3) is 4.14. The fourth-order valence-electron chi connectivity index (χ4n) is 3.16. The molecule has 5 rings (SSSR count). The first kappa shape index (κ1) is 19.7. The lowest BCUT2D eigenvalue weighted by molar-refractivity contribution is 0.102. The van der Waals surface area contributed by atoms with Crippen molar-refractivity contribution < 1.29 is 13.9 Å². The second kappa shape index (κ2) is 8.49. The molecule has 0 saturated heterocycles. The zero-order valence-electron chi connectivity index (χ0n) is 16.6. The zero-order chi connectivity index (χ0) is 21.9. The van der Waals surface area contributed by atoms with Crippen molar-refractivity contribution in [3.63, 3.8) is 0 Å². The molecule has 5 aromatic rings. The van der Waals surface area contributed by atoms with Crippen molar-refractivity contribution in [1.82, 2.24) is 4.98 Å². The van der Waals surface area contributed by atoms with Gasteiger partial charge >= 0.3 is 5.63 Å². The van der Waals surface area contributed by atoms with E-state index in [2.05, 4.69) is 10.3 Å². The number of carbonyl (C=O) groups excluding carboxylic acids is 1. The van der Waals surface area contributed by atoms with Gasteiger partial charge in [-0.2, -0.15) is 0 Å². The number of hydrogen-bond acceptors (Lipinski definition) is 6. The number of ether oxygens (including phenoxy) is 1. The highest BCUT2D eigenvalue weighted by Gasteiger charge is 2.14. The lowest BCUT2D eigenvalue weighted by Crippen LogP contribution is -2.11. The minimum Gasteiger partial charge on any atom is -0.457 e. The van der Waals surface area contributed by atoms with Crippen LogP contribution < -0.4 is 15.7 Å². The van der Waals surface area contributed by atoms with Gasteiger partial charge in [0.15, 0.2) is 5.13 Å². The third-order valence-electron chi connectivity index (χ3n) is 4.74. The number of benzene rings is 3.